The second-order valence-electron chi connectivity index (χ2n) is 9.34. The van der Waals surface area contributed by atoms with Crippen molar-refractivity contribution >= 4 is 50.0 Å². The molecule has 2 heterocycles. The fraction of sp³-hybridized carbons (Fsp3) is 0.200. The zero-order chi connectivity index (χ0) is 26.9. The second kappa shape index (κ2) is 11.0. The van der Waals surface area contributed by atoms with Gasteiger partial charge in [-0.15, -0.1) is 0 Å². The minimum absolute atomic E-state index is 0.404. The van der Waals surface area contributed by atoms with Crippen LogP contribution in [-0.4, -0.2) is 21.5 Å². The van der Waals surface area contributed by atoms with Gasteiger partial charge in [-0.05, 0) is 60.5 Å². The summed E-state index contributed by atoms with van der Waals surface area (Å²) in [6.45, 7) is 2.63. The molecule has 0 radical (unpaired) electrons. The number of halogens is 1. The van der Waals surface area contributed by atoms with Crippen LogP contribution in [0, 0.1) is 0 Å². The second-order valence-corrected chi connectivity index (χ2v) is 10.9. The summed E-state index contributed by atoms with van der Waals surface area (Å²) >= 11 is 1.09. The SMILES string of the molecule is CCCc1cccc2c1N(C(CCN1c3ccccc3Oc3ccc(Br)cc31)OS(=O)O)c1ccccc1O2. The van der Waals surface area contributed by atoms with Gasteiger partial charge in [-0.2, -0.15) is 4.21 Å². The third-order valence-electron chi connectivity index (χ3n) is 6.86. The fourth-order valence-electron chi connectivity index (χ4n) is 5.27. The van der Waals surface area contributed by atoms with Crippen LogP contribution in [0.5, 0.6) is 23.0 Å². The molecule has 0 aromatic heterocycles. The number of benzene rings is 4. The number of rotatable bonds is 8. The van der Waals surface area contributed by atoms with Crippen molar-refractivity contribution in [1.82, 2.24) is 0 Å². The number of anilines is 4. The number of para-hydroxylation sites is 5. The minimum Gasteiger partial charge on any atom is -0.453 e. The van der Waals surface area contributed by atoms with Crippen molar-refractivity contribution in [3.63, 3.8) is 0 Å². The molecular formula is C30H27BrN2O5S. The van der Waals surface area contributed by atoms with Gasteiger partial charge in [-0.25, -0.2) is 4.18 Å². The van der Waals surface area contributed by atoms with Crippen molar-refractivity contribution in [1.29, 1.82) is 0 Å². The van der Waals surface area contributed by atoms with Crippen molar-refractivity contribution < 1.29 is 22.4 Å². The van der Waals surface area contributed by atoms with Gasteiger partial charge in [-0.1, -0.05) is 65.7 Å². The van der Waals surface area contributed by atoms with Gasteiger partial charge in [0.1, 0.15) is 0 Å². The summed E-state index contributed by atoms with van der Waals surface area (Å²) in [6.07, 6.45) is 1.42. The molecule has 39 heavy (non-hydrogen) atoms. The van der Waals surface area contributed by atoms with E-state index in [2.05, 4.69) is 33.8 Å². The van der Waals surface area contributed by atoms with Gasteiger partial charge in [0, 0.05) is 17.4 Å². The summed E-state index contributed by atoms with van der Waals surface area (Å²) in [5, 5.41) is 0. The molecular weight excluding hydrogens is 580 g/mol. The Hall–Kier alpha value is -3.37. The fourth-order valence-corrected chi connectivity index (χ4v) is 5.99. The predicted molar refractivity (Wildman–Crippen MR) is 157 cm³/mol. The summed E-state index contributed by atoms with van der Waals surface area (Å²) in [4.78, 5) is 4.18. The van der Waals surface area contributed by atoms with Crippen LogP contribution in [0.15, 0.2) is 89.4 Å². The largest absolute Gasteiger partial charge is 0.453 e. The van der Waals surface area contributed by atoms with Crippen LogP contribution in [0.3, 0.4) is 0 Å². The molecule has 0 fully saturated rings. The normalized spacial score (nSPS) is 14.7. The summed E-state index contributed by atoms with van der Waals surface area (Å²) in [6, 6.07) is 27.4. The average Bonchev–Trinajstić information content (AvgIpc) is 2.93. The van der Waals surface area contributed by atoms with Crippen molar-refractivity contribution in [2.75, 3.05) is 16.3 Å². The maximum atomic E-state index is 12.2. The quantitative estimate of drug-likeness (QED) is 0.202. The van der Waals surface area contributed by atoms with Crippen LogP contribution in [-0.2, 0) is 22.0 Å². The molecule has 4 aromatic carbocycles. The number of ether oxygens (including phenoxy) is 2. The molecule has 9 heteroatoms. The Bertz CT molecular complexity index is 1550. The van der Waals surface area contributed by atoms with Gasteiger partial charge >= 0.3 is 11.4 Å². The Morgan fingerprint density at radius 1 is 0.872 bits per heavy atom. The Morgan fingerprint density at radius 3 is 2.31 bits per heavy atom. The summed E-state index contributed by atoms with van der Waals surface area (Å²) in [7, 11) is 0. The van der Waals surface area contributed by atoms with Gasteiger partial charge in [0.25, 0.3) is 0 Å². The Balaban J connectivity index is 1.42. The zero-order valence-electron chi connectivity index (χ0n) is 21.2. The first-order valence-corrected chi connectivity index (χ1v) is 14.7. The third-order valence-corrected chi connectivity index (χ3v) is 7.74. The maximum absolute atomic E-state index is 12.2. The number of hydrogen-bond acceptors (Lipinski definition) is 6. The molecule has 2 aliphatic rings. The van der Waals surface area contributed by atoms with E-state index in [9.17, 15) is 8.76 Å². The molecule has 2 aliphatic heterocycles. The number of nitrogens with zero attached hydrogens (tertiary/aromatic N) is 2. The lowest BCUT2D eigenvalue weighted by Crippen LogP contribution is -2.39. The van der Waals surface area contributed by atoms with Crippen molar-refractivity contribution in [2.45, 2.75) is 32.4 Å². The molecule has 4 aromatic rings. The Labute approximate surface area is 238 Å². The predicted octanol–water partition coefficient (Wildman–Crippen LogP) is 8.46. The van der Waals surface area contributed by atoms with Crippen LogP contribution < -0.4 is 19.3 Å². The molecule has 0 saturated heterocycles. The molecule has 6 rings (SSSR count). The van der Waals surface area contributed by atoms with Crippen molar-refractivity contribution in [3.8, 4) is 23.0 Å². The molecule has 2 unspecified atom stereocenters. The van der Waals surface area contributed by atoms with Crippen LogP contribution in [0.25, 0.3) is 0 Å². The van der Waals surface area contributed by atoms with Gasteiger partial charge < -0.3 is 19.3 Å². The highest BCUT2D eigenvalue weighted by molar-refractivity contribution is 9.10. The zero-order valence-corrected chi connectivity index (χ0v) is 23.7. The molecule has 7 nitrogen and oxygen atoms in total. The van der Waals surface area contributed by atoms with E-state index >= 15 is 0 Å². The van der Waals surface area contributed by atoms with Crippen molar-refractivity contribution in [2.24, 2.45) is 0 Å². The van der Waals surface area contributed by atoms with E-state index in [1.54, 1.807) is 0 Å². The lowest BCUT2D eigenvalue weighted by molar-refractivity contribution is 0.198. The lowest BCUT2D eigenvalue weighted by Gasteiger charge is -2.40. The molecule has 200 valence electrons. The molecule has 0 bridgehead atoms. The van der Waals surface area contributed by atoms with Crippen LogP contribution in [0.2, 0.25) is 0 Å². The first kappa shape index (κ1) is 25.9. The number of hydrogen-bond donors (Lipinski definition) is 1. The summed E-state index contributed by atoms with van der Waals surface area (Å²) in [5.41, 5.74) is 4.56. The average molecular weight is 608 g/mol. The highest BCUT2D eigenvalue weighted by atomic mass is 79.9. The monoisotopic (exact) mass is 606 g/mol. The smallest absolute Gasteiger partial charge is 0.304 e. The van der Waals surface area contributed by atoms with E-state index in [1.807, 2.05) is 83.8 Å². The van der Waals surface area contributed by atoms with E-state index in [0.29, 0.717) is 24.5 Å². The summed E-state index contributed by atoms with van der Waals surface area (Å²) < 4.78 is 41.3. The molecule has 1 N–H and O–H groups in total. The van der Waals surface area contributed by atoms with E-state index in [-0.39, 0.29) is 0 Å². The number of aryl methyl sites for hydroxylation is 1. The molecule has 0 amide bonds. The highest BCUT2D eigenvalue weighted by Gasteiger charge is 2.35. The van der Waals surface area contributed by atoms with Crippen LogP contribution in [0.4, 0.5) is 22.7 Å². The first-order valence-electron chi connectivity index (χ1n) is 12.8. The topological polar surface area (TPSA) is 71.5 Å². The van der Waals surface area contributed by atoms with E-state index in [4.69, 9.17) is 13.7 Å². The highest BCUT2D eigenvalue weighted by Crippen LogP contribution is 2.51. The molecule has 0 aliphatic carbocycles. The van der Waals surface area contributed by atoms with Gasteiger partial charge in [0.15, 0.2) is 29.2 Å². The lowest BCUT2D eigenvalue weighted by atomic mass is 10.0. The van der Waals surface area contributed by atoms with Gasteiger partial charge in [0.2, 0.25) is 0 Å². The Kier molecular flexibility index (Phi) is 7.31. The maximum Gasteiger partial charge on any atom is 0.304 e. The first-order chi connectivity index (χ1) is 19.0. The van der Waals surface area contributed by atoms with E-state index in [0.717, 1.165) is 57.1 Å². The van der Waals surface area contributed by atoms with Gasteiger partial charge in [0.05, 0.1) is 22.7 Å². The summed E-state index contributed by atoms with van der Waals surface area (Å²) in [5.74, 6) is 2.86. The van der Waals surface area contributed by atoms with E-state index in [1.165, 1.54) is 0 Å². The molecule has 0 spiro atoms. The van der Waals surface area contributed by atoms with Crippen LogP contribution >= 0.6 is 15.9 Å². The number of fused-ring (bicyclic) bond motifs is 4. The standard InChI is InChI=1S/C30H27BrN2O5S/c1-2-8-20-9-7-14-28-30(20)33(23-11-4-6-13-26(23)37-28)29(38-39(34)35)17-18-32-22-10-3-5-12-25(22)36-27-16-15-21(31)19-24(27)32/h3-7,9-16,19,29H,2,8,17-18H2,1H3,(H,34,35). The minimum atomic E-state index is -2.49. The van der Waals surface area contributed by atoms with E-state index < -0.39 is 17.6 Å². The molecule has 0 saturated carbocycles. The third kappa shape index (κ3) is 5.03. The Morgan fingerprint density at radius 2 is 1.54 bits per heavy atom. The van der Waals surface area contributed by atoms with Gasteiger partial charge in [-0.3, -0.25) is 4.55 Å². The van der Waals surface area contributed by atoms with Crippen LogP contribution in [0.1, 0.15) is 25.3 Å². The van der Waals surface area contributed by atoms with Crippen molar-refractivity contribution in [3.05, 3.63) is 95.0 Å². The molecule has 2 atom stereocenters.